The second kappa shape index (κ2) is 6.25. The zero-order chi connectivity index (χ0) is 14.5. The van der Waals surface area contributed by atoms with Crippen molar-refractivity contribution < 1.29 is 4.74 Å². The maximum atomic E-state index is 9.43. The zero-order valence-corrected chi connectivity index (χ0v) is 11.6. The Morgan fingerprint density at radius 1 is 1.05 bits per heavy atom. The number of nitrogens with zero attached hydrogens (tertiary/aromatic N) is 2. The van der Waals surface area contributed by atoms with Crippen LogP contribution in [0.3, 0.4) is 0 Å². The van der Waals surface area contributed by atoms with Crippen LogP contribution in [-0.4, -0.2) is 17.7 Å². The van der Waals surface area contributed by atoms with Crippen LogP contribution in [0.5, 0.6) is 0 Å². The van der Waals surface area contributed by atoms with Crippen LogP contribution in [0.15, 0.2) is 66.7 Å². The SMILES string of the molecule is N#CN1[C@H](/C=C/c2ccccc2)OC[C@@H]1c1ccccc1. The van der Waals surface area contributed by atoms with Gasteiger partial charge in [-0.3, -0.25) is 4.90 Å². The highest BCUT2D eigenvalue weighted by atomic mass is 16.5. The van der Waals surface area contributed by atoms with Crippen molar-refractivity contribution in [3.63, 3.8) is 0 Å². The number of benzene rings is 2. The monoisotopic (exact) mass is 276 g/mol. The molecule has 1 saturated heterocycles. The molecular formula is C18H16N2O. The predicted molar refractivity (Wildman–Crippen MR) is 81.9 cm³/mol. The van der Waals surface area contributed by atoms with Crippen molar-refractivity contribution in [3.05, 3.63) is 77.9 Å². The highest BCUT2D eigenvalue weighted by Gasteiger charge is 2.33. The Bertz CT molecular complexity index is 646. The highest BCUT2D eigenvalue weighted by Crippen LogP contribution is 2.30. The molecule has 1 aliphatic rings. The van der Waals surface area contributed by atoms with Gasteiger partial charge in [-0.2, -0.15) is 5.26 Å². The Morgan fingerprint density at radius 3 is 2.38 bits per heavy atom. The maximum Gasteiger partial charge on any atom is 0.182 e. The second-order valence-electron chi connectivity index (χ2n) is 4.93. The van der Waals surface area contributed by atoms with Gasteiger partial charge in [0.25, 0.3) is 0 Å². The van der Waals surface area contributed by atoms with Gasteiger partial charge < -0.3 is 4.74 Å². The van der Waals surface area contributed by atoms with Gasteiger partial charge in [-0.1, -0.05) is 66.7 Å². The molecule has 1 heterocycles. The Balaban J connectivity index is 1.76. The molecule has 2 aromatic carbocycles. The van der Waals surface area contributed by atoms with E-state index in [9.17, 15) is 5.26 Å². The number of ether oxygens (including phenoxy) is 1. The Morgan fingerprint density at radius 2 is 1.71 bits per heavy atom. The number of nitriles is 1. The van der Waals surface area contributed by atoms with Gasteiger partial charge in [0.15, 0.2) is 12.4 Å². The van der Waals surface area contributed by atoms with Crippen LogP contribution in [0, 0.1) is 11.5 Å². The average molecular weight is 276 g/mol. The predicted octanol–water partition coefficient (Wildman–Crippen LogP) is 3.58. The molecule has 3 nitrogen and oxygen atoms in total. The molecule has 3 rings (SSSR count). The molecule has 1 aliphatic heterocycles. The van der Waals surface area contributed by atoms with E-state index < -0.39 is 0 Å². The first-order valence-corrected chi connectivity index (χ1v) is 6.96. The lowest BCUT2D eigenvalue weighted by molar-refractivity contribution is 0.0990. The molecule has 0 saturated carbocycles. The summed E-state index contributed by atoms with van der Waals surface area (Å²) < 4.78 is 5.76. The summed E-state index contributed by atoms with van der Waals surface area (Å²) in [7, 11) is 0. The summed E-state index contributed by atoms with van der Waals surface area (Å²) in [5, 5.41) is 9.43. The van der Waals surface area contributed by atoms with Crippen LogP contribution in [-0.2, 0) is 4.74 Å². The first-order valence-electron chi connectivity index (χ1n) is 6.96. The van der Waals surface area contributed by atoms with E-state index in [-0.39, 0.29) is 12.3 Å². The molecule has 0 aromatic heterocycles. The summed E-state index contributed by atoms with van der Waals surface area (Å²) in [6.07, 6.45) is 5.87. The molecule has 0 unspecified atom stereocenters. The molecule has 0 amide bonds. The Labute approximate surface area is 124 Å². The normalized spacial score (nSPS) is 21.6. The molecule has 0 radical (unpaired) electrons. The summed E-state index contributed by atoms with van der Waals surface area (Å²) in [6, 6.07) is 20.0. The minimum Gasteiger partial charge on any atom is -0.351 e. The number of hydrogen-bond acceptors (Lipinski definition) is 3. The lowest BCUT2D eigenvalue weighted by atomic mass is 10.1. The smallest absolute Gasteiger partial charge is 0.182 e. The second-order valence-corrected chi connectivity index (χ2v) is 4.93. The quantitative estimate of drug-likeness (QED) is 0.804. The lowest BCUT2D eigenvalue weighted by Gasteiger charge is -2.20. The molecule has 0 aliphatic carbocycles. The summed E-state index contributed by atoms with van der Waals surface area (Å²) in [5.41, 5.74) is 2.21. The standard InChI is InChI=1S/C18H16N2O/c19-14-20-17(16-9-5-2-6-10-16)13-21-18(20)12-11-15-7-3-1-4-8-15/h1-12,17-18H,13H2/b12-11+/t17-,18+/m1/s1. The number of rotatable bonds is 3. The van der Waals surface area contributed by atoms with Crippen LogP contribution in [0.4, 0.5) is 0 Å². The third-order valence-corrected chi connectivity index (χ3v) is 3.59. The highest BCUT2D eigenvalue weighted by molar-refractivity contribution is 5.49. The van der Waals surface area contributed by atoms with Gasteiger partial charge in [0.05, 0.1) is 12.6 Å². The molecule has 1 fully saturated rings. The molecule has 0 spiro atoms. The minimum atomic E-state index is -0.305. The summed E-state index contributed by atoms with van der Waals surface area (Å²) in [5.74, 6) is 0. The topological polar surface area (TPSA) is 36.3 Å². The van der Waals surface area contributed by atoms with Gasteiger partial charge >= 0.3 is 0 Å². The van der Waals surface area contributed by atoms with Crippen LogP contribution in [0.25, 0.3) is 6.08 Å². The molecule has 104 valence electrons. The molecule has 21 heavy (non-hydrogen) atoms. The largest absolute Gasteiger partial charge is 0.351 e. The van der Waals surface area contributed by atoms with Crippen molar-refractivity contribution in [3.8, 4) is 6.19 Å². The Hall–Kier alpha value is -2.57. The summed E-state index contributed by atoms with van der Waals surface area (Å²) >= 11 is 0. The van der Waals surface area contributed by atoms with Crippen molar-refractivity contribution in [1.82, 2.24) is 4.90 Å². The van der Waals surface area contributed by atoms with Crippen molar-refractivity contribution in [2.45, 2.75) is 12.3 Å². The van der Waals surface area contributed by atoms with E-state index in [1.807, 2.05) is 72.8 Å². The van der Waals surface area contributed by atoms with Gasteiger partial charge in [0, 0.05) is 0 Å². The van der Waals surface area contributed by atoms with E-state index in [0.717, 1.165) is 11.1 Å². The van der Waals surface area contributed by atoms with Gasteiger partial charge in [0.2, 0.25) is 0 Å². The number of hydrogen-bond donors (Lipinski definition) is 0. The summed E-state index contributed by atoms with van der Waals surface area (Å²) in [4.78, 5) is 1.70. The lowest BCUT2D eigenvalue weighted by Crippen LogP contribution is -2.26. The van der Waals surface area contributed by atoms with Gasteiger partial charge in [0.1, 0.15) is 0 Å². The fourth-order valence-corrected chi connectivity index (χ4v) is 2.49. The molecule has 3 heteroatoms. The van der Waals surface area contributed by atoms with Gasteiger partial charge in [-0.05, 0) is 17.2 Å². The van der Waals surface area contributed by atoms with Crippen LogP contribution in [0.2, 0.25) is 0 Å². The maximum absolute atomic E-state index is 9.43. The zero-order valence-electron chi connectivity index (χ0n) is 11.6. The first-order chi connectivity index (χ1) is 10.4. The van der Waals surface area contributed by atoms with Crippen molar-refractivity contribution in [1.29, 1.82) is 5.26 Å². The van der Waals surface area contributed by atoms with Crippen molar-refractivity contribution in [2.75, 3.05) is 6.61 Å². The van der Waals surface area contributed by atoms with Crippen LogP contribution in [0.1, 0.15) is 17.2 Å². The average Bonchev–Trinajstić information content (AvgIpc) is 2.97. The first kappa shape index (κ1) is 13.4. The minimum absolute atomic E-state index is 0.0124. The van der Waals surface area contributed by atoms with E-state index in [1.54, 1.807) is 4.90 Å². The molecular weight excluding hydrogens is 260 g/mol. The van der Waals surface area contributed by atoms with E-state index in [4.69, 9.17) is 4.74 Å². The van der Waals surface area contributed by atoms with Crippen molar-refractivity contribution >= 4 is 6.08 Å². The fraction of sp³-hybridized carbons (Fsp3) is 0.167. The third-order valence-electron chi connectivity index (χ3n) is 3.59. The fourth-order valence-electron chi connectivity index (χ4n) is 2.49. The molecule has 0 N–H and O–H groups in total. The van der Waals surface area contributed by atoms with E-state index in [1.165, 1.54) is 0 Å². The van der Waals surface area contributed by atoms with Gasteiger partial charge in [-0.25, -0.2) is 0 Å². The van der Waals surface area contributed by atoms with Gasteiger partial charge in [-0.15, -0.1) is 0 Å². The van der Waals surface area contributed by atoms with Crippen LogP contribution >= 0.6 is 0 Å². The van der Waals surface area contributed by atoms with Crippen LogP contribution < -0.4 is 0 Å². The van der Waals surface area contributed by atoms with E-state index >= 15 is 0 Å². The summed E-state index contributed by atoms with van der Waals surface area (Å²) in [6.45, 7) is 0.529. The van der Waals surface area contributed by atoms with E-state index in [0.29, 0.717) is 6.61 Å². The third kappa shape index (κ3) is 2.96. The van der Waals surface area contributed by atoms with E-state index in [2.05, 4.69) is 6.19 Å². The molecule has 0 bridgehead atoms. The molecule has 2 aromatic rings. The van der Waals surface area contributed by atoms with Crippen molar-refractivity contribution in [2.24, 2.45) is 0 Å². The molecule has 2 atom stereocenters. The Kier molecular flexibility index (Phi) is 3.99.